The maximum absolute atomic E-state index is 13.6. The summed E-state index contributed by atoms with van der Waals surface area (Å²) in [4.78, 5) is 15.8. The van der Waals surface area contributed by atoms with Gasteiger partial charge in [-0.3, -0.25) is 4.79 Å². The number of hydrogen-bond donors (Lipinski definition) is 1. The standard InChI is InChI=1S/C24H13F4N3O4S/c1-31-19-9-16(13-3-2-4-14(8-13)36(28,33)34)20(35-24(25,26)27)10-17(19)22(32)21-15-6-5-12(11-29)7-18(15)30-23(21)31/h2-10,30H,1H3. The number of alkyl halides is 3. The average Bonchev–Trinajstić information content (AvgIpc) is 3.20. The van der Waals surface area contributed by atoms with Crippen molar-refractivity contribution in [2.75, 3.05) is 0 Å². The Kier molecular flexibility index (Phi) is 5.08. The molecule has 0 saturated heterocycles. The zero-order valence-corrected chi connectivity index (χ0v) is 19.0. The zero-order chi connectivity index (χ0) is 26.0. The first-order chi connectivity index (χ1) is 16.9. The molecule has 36 heavy (non-hydrogen) atoms. The Bertz CT molecular complexity index is 1930. The summed E-state index contributed by atoms with van der Waals surface area (Å²) >= 11 is 0. The van der Waals surface area contributed by atoms with Gasteiger partial charge in [-0.15, -0.1) is 17.1 Å². The highest BCUT2D eigenvalue weighted by Gasteiger charge is 2.33. The molecular weight excluding hydrogens is 502 g/mol. The maximum atomic E-state index is 13.6. The van der Waals surface area contributed by atoms with Gasteiger partial charge >= 0.3 is 16.6 Å². The molecule has 5 aromatic rings. The predicted molar refractivity (Wildman–Crippen MR) is 124 cm³/mol. The van der Waals surface area contributed by atoms with Crippen molar-refractivity contribution in [1.82, 2.24) is 9.55 Å². The summed E-state index contributed by atoms with van der Waals surface area (Å²) in [7, 11) is -3.55. The second-order valence-electron chi connectivity index (χ2n) is 7.99. The van der Waals surface area contributed by atoms with E-state index in [2.05, 4.69) is 9.72 Å². The minimum Gasteiger partial charge on any atom is -0.405 e. The normalized spacial score (nSPS) is 12.3. The van der Waals surface area contributed by atoms with Crippen LogP contribution in [0.15, 0.2) is 64.3 Å². The number of nitrogens with zero attached hydrogens (tertiary/aromatic N) is 2. The van der Waals surface area contributed by atoms with Gasteiger partial charge < -0.3 is 14.3 Å². The van der Waals surface area contributed by atoms with Gasteiger partial charge in [-0.25, -0.2) is 0 Å². The van der Waals surface area contributed by atoms with E-state index in [9.17, 15) is 30.3 Å². The lowest BCUT2D eigenvalue weighted by Crippen LogP contribution is -2.18. The SMILES string of the molecule is Cn1c2cc(-c3cccc(S(=O)(=O)F)c3)c(OC(F)(F)F)cc2c(=O)c2c3ccc(C#N)cc3[nH]c21. The number of pyridine rings is 1. The van der Waals surface area contributed by atoms with E-state index in [1.165, 1.54) is 24.3 Å². The molecule has 0 bridgehead atoms. The number of fused-ring (bicyclic) bond motifs is 4. The van der Waals surface area contributed by atoms with Crippen LogP contribution in [0.5, 0.6) is 5.75 Å². The van der Waals surface area contributed by atoms with Crippen LogP contribution >= 0.6 is 0 Å². The number of nitrogens with one attached hydrogen (secondary N) is 1. The molecule has 0 spiro atoms. The number of hydrogen-bond acceptors (Lipinski definition) is 5. The van der Waals surface area contributed by atoms with Gasteiger partial charge in [0.15, 0.2) is 5.43 Å². The number of nitriles is 1. The van der Waals surface area contributed by atoms with Gasteiger partial charge in [-0.1, -0.05) is 18.2 Å². The number of aromatic nitrogens is 2. The lowest BCUT2D eigenvalue weighted by molar-refractivity contribution is -0.274. The smallest absolute Gasteiger partial charge is 0.405 e. The summed E-state index contributed by atoms with van der Waals surface area (Å²) in [6, 6.07) is 13.1. The molecule has 3 aromatic carbocycles. The summed E-state index contributed by atoms with van der Waals surface area (Å²) in [5, 5.41) is 9.77. The Labute approximate surface area is 200 Å². The van der Waals surface area contributed by atoms with Crippen LogP contribution in [0, 0.1) is 11.3 Å². The highest BCUT2D eigenvalue weighted by atomic mass is 32.3. The van der Waals surface area contributed by atoms with Crippen molar-refractivity contribution in [3.05, 3.63) is 70.4 Å². The molecule has 0 atom stereocenters. The summed E-state index contributed by atoms with van der Waals surface area (Å²) in [6.07, 6.45) is -5.13. The van der Waals surface area contributed by atoms with E-state index in [0.29, 0.717) is 22.1 Å². The lowest BCUT2D eigenvalue weighted by Gasteiger charge is -2.16. The van der Waals surface area contributed by atoms with Gasteiger partial charge in [0.1, 0.15) is 11.4 Å². The maximum Gasteiger partial charge on any atom is 0.573 e. The summed E-state index contributed by atoms with van der Waals surface area (Å²) < 4.78 is 81.9. The number of ether oxygens (including phenoxy) is 1. The molecular formula is C24H13F4N3O4S. The Balaban J connectivity index is 1.89. The third-order valence-electron chi connectivity index (χ3n) is 5.83. The van der Waals surface area contributed by atoms with Crippen LogP contribution in [0.4, 0.5) is 17.1 Å². The highest BCUT2D eigenvalue weighted by molar-refractivity contribution is 7.86. The Morgan fingerprint density at radius 3 is 2.47 bits per heavy atom. The van der Waals surface area contributed by atoms with E-state index in [4.69, 9.17) is 5.26 Å². The van der Waals surface area contributed by atoms with E-state index in [-0.39, 0.29) is 27.4 Å². The van der Waals surface area contributed by atoms with E-state index in [1.807, 2.05) is 6.07 Å². The Morgan fingerprint density at radius 1 is 1.06 bits per heavy atom. The molecule has 0 fully saturated rings. The van der Waals surface area contributed by atoms with Crippen molar-refractivity contribution >= 4 is 43.1 Å². The topological polar surface area (TPSA) is 105 Å². The molecule has 1 N–H and O–H groups in total. The highest BCUT2D eigenvalue weighted by Crippen LogP contribution is 2.38. The van der Waals surface area contributed by atoms with Crippen LogP contribution in [-0.4, -0.2) is 24.3 Å². The van der Waals surface area contributed by atoms with Gasteiger partial charge in [-0.2, -0.15) is 13.7 Å². The third kappa shape index (κ3) is 3.83. The van der Waals surface area contributed by atoms with Gasteiger partial charge in [0, 0.05) is 23.5 Å². The molecule has 0 unspecified atom stereocenters. The molecule has 0 radical (unpaired) electrons. The van der Waals surface area contributed by atoms with Crippen LogP contribution in [0.25, 0.3) is 44.0 Å². The molecule has 2 aromatic heterocycles. The van der Waals surface area contributed by atoms with Crippen LogP contribution in [0.3, 0.4) is 0 Å². The number of benzene rings is 3. The first-order valence-electron chi connectivity index (χ1n) is 10.2. The van der Waals surface area contributed by atoms with E-state index >= 15 is 0 Å². The van der Waals surface area contributed by atoms with Gasteiger partial charge in [0.05, 0.1) is 32.8 Å². The predicted octanol–water partition coefficient (Wildman–Crippen LogP) is 5.27. The molecule has 0 aliphatic carbocycles. The van der Waals surface area contributed by atoms with Gasteiger partial charge in [0.2, 0.25) is 0 Å². The van der Waals surface area contributed by atoms with Crippen molar-refractivity contribution in [1.29, 1.82) is 5.26 Å². The molecule has 0 saturated carbocycles. The molecule has 7 nitrogen and oxygen atoms in total. The minimum absolute atomic E-state index is 0.0715. The van der Waals surface area contributed by atoms with Crippen molar-refractivity contribution in [3.8, 4) is 22.9 Å². The van der Waals surface area contributed by atoms with Crippen molar-refractivity contribution in [2.24, 2.45) is 7.05 Å². The second-order valence-corrected chi connectivity index (χ2v) is 9.34. The second kappa shape index (κ2) is 7.82. The Hall–Kier alpha value is -4.37. The van der Waals surface area contributed by atoms with E-state index < -0.39 is 32.7 Å². The fraction of sp³-hybridized carbons (Fsp3) is 0.0833. The molecule has 0 aliphatic heterocycles. The first-order valence-corrected chi connectivity index (χ1v) is 11.6. The zero-order valence-electron chi connectivity index (χ0n) is 18.1. The number of H-pyrrole nitrogens is 1. The van der Waals surface area contributed by atoms with Crippen LogP contribution < -0.4 is 10.2 Å². The first kappa shape index (κ1) is 23.4. The quantitative estimate of drug-likeness (QED) is 0.260. The summed E-state index contributed by atoms with van der Waals surface area (Å²) in [6.45, 7) is 0. The number of rotatable bonds is 3. The fourth-order valence-corrected chi connectivity index (χ4v) is 4.78. The van der Waals surface area contributed by atoms with Crippen molar-refractivity contribution in [2.45, 2.75) is 11.3 Å². The molecule has 0 amide bonds. The minimum atomic E-state index is -5.13. The van der Waals surface area contributed by atoms with Crippen molar-refractivity contribution in [3.63, 3.8) is 0 Å². The lowest BCUT2D eigenvalue weighted by atomic mass is 10.0. The average molecular weight is 515 g/mol. The van der Waals surface area contributed by atoms with E-state index in [1.54, 1.807) is 23.7 Å². The summed E-state index contributed by atoms with van der Waals surface area (Å²) in [5.41, 5.74) is 0.540. The fourth-order valence-electron chi connectivity index (χ4n) is 4.27. The van der Waals surface area contributed by atoms with Crippen LogP contribution in [0.1, 0.15) is 5.56 Å². The number of aryl methyl sites for hydroxylation is 1. The molecule has 2 heterocycles. The monoisotopic (exact) mass is 515 g/mol. The number of aromatic amines is 1. The molecule has 0 aliphatic rings. The largest absolute Gasteiger partial charge is 0.573 e. The Morgan fingerprint density at radius 2 is 1.81 bits per heavy atom. The van der Waals surface area contributed by atoms with Gasteiger partial charge in [-0.05, 0) is 42.0 Å². The number of halogens is 4. The van der Waals surface area contributed by atoms with Gasteiger partial charge in [0.25, 0.3) is 0 Å². The van der Waals surface area contributed by atoms with Crippen molar-refractivity contribution < 1.29 is 30.2 Å². The van der Waals surface area contributed by atoms with Crippen LogP contribution in [0.2, 0.25) is 0 Å². The molecule has 12 heteroatoms. The van der Waals surface area contributed by atoms with Crippen LogP contribution in [-0.2, 0) is 17.3 Å². The summed E-state index contributed by atoms with van der Waals surface area (Å²) in [5.74, 6) is -0.758. The molecule has 182 valence electrons. The molecule has 5 rings (SSSR count). The van der Waals surface area contributed by atoms with E-state index in [0.717, 1.165) is 18.2 Å². The third-order valence-corrected chi connectivity index (χ3v) is 6.64.